The third kappa shape index (κ3) is 3.96. The predicted octanol–water partition coefficient (Wildman–Crippen LogP) is 2.77. The van der Waals surface area contributed by atoms with E-state index in [-0.39, 0.29) is 0 Å². The number of hydrogen-bond acceptors (Lipinski definition) is 4. The van der Waals surface area contributed by atoms with Gasteiger partial charge in [-0.1, -0.05) is 12.1 Å². The summed E-state index contributed by atoms with van der Waals surface area (Å²) in [5.74, 6) is 2.07. The monoisotopic (exact) mass is 258 g/mol. The van der Waals surface area contributed by atoms with Crippen LogP contribution >= 0.6 is 0 Å². The predicted molar refractivity (Wildman–Crippen MR) is 74.7 cm³/mol. The summed E-state index contributed by atoms with van der Waals surface area (Å²) in [5.41, 5.74) is 6.60. The number of pyridine rings is 1. The molecule has 4 nitrogen and oxygen atoms in total. The van der Waals surface area contributed by atoms with Gasteiger partial charge in [0, 0.05) is 18.3 Å². The molecule has 0 radical (unpaired) electrons. The van der Waals surface area contributed by atoms with E-state index in [1.165, 1.54) is 0 Å². The number of ether oxygens (including phenoxy) is 2. The van der Waals surface area contributed by atoms with E-state index < -0.39 is 0 Å². The molecule has 19 heavy (non-hydrogen) atoms. The lowest BCUT2D eigenvalue weighted by Gasteiger charge is -2.07. The minimum atomic E-state index is 0.564. The molecule has 100 valence electrons. The van der Waals surface area contributed by atoms with Gasteiger partial charge in [-0.2, -0.15) is 0 Å². The Kier molecular flexibility index (Phi) is 4.75. The maximum Gasteiger partial charge on any atom is 0.219 e. The molecule has 4 heteroatoms. The van der Waals surface area contributed by atoms with Crippen LogP contribution in [0.3, 0.4) is 0 Å². The highest BCUT2D eigenvalue weighted by Crippen LogP contribution is 2.24. The SMILES string of the molecule is CCOc1cccc(Oc2ccc(CCN)cn2)c1. The van der Waals surface area contributed by atoms with E-state index in [1.807, 2.05) is 43.3 Å². The molecule has 2 N–H and O–H groups in total. The van der Waals surface area contributed by atoms with Gasteiger partial charge in [0.05, 0.1) is 6.61 Å². The number of hydrogen-bond donors (Lipinski definition) is 1. The molecule has 0 spiro atoms. The molecule has 0 atom stereocenters. The summed E-state index contributed by atoms with van der Waals surface area (Å²) >= 11 is 0. The lowest BCUT2D eigenvalue weighted by molar-refractivity contribution is 0.338. The van der Waals surface area contributed by atoms with Crippen molar-refractivity contribution in [2.45, 2.75) is 13.3 Å². The molecule has 0 amide bonds. The van der Waals surface area contributed by atoms with Gasteiger partial charge in [0.1, 0.15) is 11.5 Å². The number of nitrogens with two attached hydrogens (primary N) is 1. The van der Waals surface area contributed by atoms with Crippen LogP contribution < -0.4 is 15.2 Å². The van der Waals surface area contributed by atoms with E-state index in [0.717, 1.165) is 17.7 Å². The van der Waals surface area contributed by atoms with Crippen molar-refractivity contribution >= 4 is 0 Å². The van der Waals surface area contributed by atoms with Crippen molar-refractivity contribution < 1.29 is 9.47 Å². The van der Waals surface area contributed by atoms with Crippen molar-refractivity contribution in [3.05, 3.63) is 48.2 Å². The fourth-order valence-electron chi connectivity index (χ4n) is 1.70. The van der Waals surface area contributed by atoms with Crippen LogP contribution in [0, 0.1) is 0 Å². The minimum Gasteiger partial charge on any atom is -0.494 e. The molecule has 0 fully saturated rings. The largest absolute Gasteiger partial charge is 0.494 e. The van der Waals surface area contributed by atoms with E-state index in [0.29, 0.717) is 24.8 Å². The summed E-state index contributed by atoms with van der Waals surface area (Å²) in [6.45, 7) is 3.21. The molecule has 0 aliphatic heterocycles. The van der Waals surface area contributed by atoms with Gasteiger partial charge in [-0.05, 0) is 37.6 Å². The summed E-state index contributed by atoms with van der Waals surface area (Å²) < 4.78 is 11.1. The standard InChI is InChI=1S/C15H18N2O2/c1-2-18-13-4-3-5-14(10-13)19-15-7-6-12(8-9-16)11-17-15/h3-7,10-11H,2,8-9,16H2,1H3. The van der Waals surface area contributed by atoms with Gasteiger partial charge >= 0.3 is 0 Å². The van der Waals surface area contributed by atoms with E-state index in [1.54, 1.807) is 6.20 Å². The highest BCUT2D eigenvalue weighted by Gasteiger charge is 2.01. The second-order valence-electron chi connectivity index (χ2n) is 4.05. The van der Waals surface area contributed by atoms with Gasteiger partial charge in [0.2, 0.25) is 5.88 Å². The Morgan fingerprint density at radius 3 is 2.68 bits per heavy atom. The average Bonchev–Trinajstić information content (AvgIpc) is 2.42. The van der Waals surface area contributed by atoms with Crippen molar-refractivity contribution in [2.24, 2.45) is 5.73 Å². The Bertz CT molecular complexity index is 512. The number of benzene rings is 1. The van der Waals surface area contributed by atoms with Gasteiger partial charge in [0.15, 0.2) is 0 Å². The van der Waals surface area contributed by atoms with Gasteiger partial charge in [-0.25, -0.2) is 4.98 Å². The minimum absolute atomic E-state index is 0.564. The molecule has 0 saturated heterocycles. The van der Waals surface area contributed by atoms with Gasteiger partial charge in [-0.3, -0.25) is 0 Å². The number of rotatable bonds is 6. The molecule has 1 heterocycles. The lowest BCUT2D eigenvalue weighted by Crippen LogP contribution is -2.02. The van der Waals surface area contributed by atoms with Gasteiger partial charge in [0.25, 0.3) is 0 Å². The summed E-state index contributed by atoms with van der Waals surface area (Å²) in [5, 5.41) is 0. The zero-order chi connectivity index (χ0) is 13.5. The Morgan fingerprint density at radius 2 is 2.00 bits per heavy atom. The molecular weight excluding hydrogens is 240 g/mol. The topological polar surface area (TPSA) is 57.4 Å². The van der Waals surface area contributed by atoms with E-state index in [2.05, 4.69) is 4.98 Å². The summed E-state index contributed by atoms with van der Waals surface area (Å²) in [6, 6.07) is 11.3. The Labute approximate surface area is 113 Å². The number of nitrogens with zero attached hydrogens (tertiary/aromatic N) is 1. The summed E-state index contributed by atoms with van der Waals surface area (Å²) in [7, 11) is 0. The van der Waals surface area contributed by atoms with Crippen molar-refractivity contribution in [2.75, 3.05) is 13.2 Å². The van der Waals surface area contributed by atoms with Gasteiger partial charge in [-0.15, -0.1) is 0 Å². The fraction of sp³-hybridized carbons (Fsp3) is 0.267. The molecule has 0 unspecified atom stereocenters. The molecule has 0 aliphatic carbocycles. The highest BCUT2D eigenvalue weighted by molar-refractivity contribution is 5.35. The van der Waals surface area contributed by atoms with Crippen molar-refractivity contribution in [1.82, 2.24) is 4.98 Å². The zero-order valence-corrected chi connectivity index (χ0v) is 11.0. The van der Waals surface area contributed by atoms with Crippen LogP contribution in [0.1, 0.15) is 12.5 Å². The van der Waals surface area contributed by atoms with Crippen LogP contribution in [0.5, 0.6) is 17.4 Å². The van der Waals surface area contributed by atoms with Crippen LogP contribution in [-0.4, -0.2) is 18.1 Å². The molecule has 0 bridgehead atoms. The third-order valence-electron chi connectivity index (χ3n) is 2.57. The molecule has 1 aromatic heterocycles. The maximum atomic E-state index is 5.68. The van der Waals surface area contributed by atoms with Crippen LogP contribution in [0.15, 0.2) is 42.6 Å². The first-order chi connectivity index (χ1) is 9.31. The van der Waals surface area contributed by atoms with Crippen LogP contribution in [0.2, 0.25) is 0 Å². The average molecular weight is 258 g/mol. The van der Waals surface area contributed by atoms with Gasteiger partial charge < -0.3 is 15.2 Å². The highest BCUT2D eigenvalue weighted by atomic mass is 16.5. The molecule has 0 saturated carbocycles. The third-order valence-corrected chi connectivity index (χ3v) is 2.57. The van der Waals surface area contributed by atoms with Crippen LogP contribution in [0.25, 0.3) is 0 Å². The maximum absolute atomic E-state index is 5.68. The fourth-order valence-corrected chi connectivity index (χ4v) is 1.70. The lowest BCUT2D eigenvalue weighted by atomic mass is 10.2. The van der Waals surface area contributed by atoms with E-state index in [9.17, 15) is 0 Å². The molecule has 1 aromatic carbocycles. The Hall–Kier alpha value is -2.07. The smallest absolute Gasteiger partial charge is 0.219 e. The van der Waals surface area contributed by atoms with Crippen molar-refractivity contribution in [3.63, 3.8) is 0 Å². The van der Waals surface area contributed by atoms with Crippen LogP contribution in [0.4, 0.5) is 0 Å². The zero-order valence-electron chi connectivity index (χ0n) is 11.0. The summed E-state index contributed by atoms with van der Waals surface area (Å²) in [4.78, 5) is 4.25. The first kappa shape index (κ1) is 13.4. The molecular formula is C15H18N2O2. The van der Waals surface area contributed by atoms with E-state index in [4.69, 9.17) is 15.2 Å². The molecule has 2 aromatic rings. The summed E-state index contributed by atoms with van der Waals surface area (Å²) in [6.07, 6.45) is 2.61. The first-order valence-corrected chi connectivity index (χ1v) is 6.37. The van der Waals surface area contributed by atoms with Crippen LogP contribution in [-0.2, 0) is 6.42 Å². The Balaban J connectivity index is 2.05. The first-order valence-electron chi connectivity index (χ1n) is 6.37. The molecule has 2 rings (SSSR count). The number of aromatic nitrogens is 1. The second-order valence-corrected chi connectivity index (χ2v) is 4.05. The van der Waals surface area contributed by atoms with Crippen molar-refractivity contribution in [3.8, 4) is 17.4 Å². The Morgan fingerprint density at radius 1 is 1.16 bits per heavy atom. The second kappa shape index (κ2) is 6.75. The normalized spacial score (nSPS) is 10.2. The quantitative estimate of drug-likeness (QED) is 0.865. The molecule has 0 aliphatic rings. The van der Waals surface area contributed by atoms with Crippen molar-refractivity contribution in [1.29, 1.82) is 0 Å². The van der Waals surface area contributed by atoms with E-state index >= 15 is 0 Å².